The van der Waals surface area contributed by atoms with Crippen LogP contribution in [0.5, 0.6) is 5.75 Å². The second-order valence-electron chi connectivity index (χ2n) is 3.00. The fraction of sp³-hybridized carbons (Fsp3) is 0. The summed E-state index contributed by atoms with van der Waals surface area (Å²) < 4.78 is 0. The van der Waals surface area contributed by atoms with Crippen LogP contribution in [0.4, 0.5) is 11.4 Å². The van der Waals surface area contributed by atoms with Crippen molar-refractivity contribution in [1.82, 2.24) is 0 Å². The molecule has 5 N–H and O–H groups in total. The van der Waals surface area contributed by atoms with Gasteiger partial charge in [0.2, 0.25) is 0 Å². The van der Waals surface area contributed by atoms with Gasteiger partial charge in [0.15, 0.2) is 0 Å². The Morgan fingerprint density at radius 1 is 0.667 bits per heavy atom. The highest BCUT2D eigenvalue weighted by Crippen LogP contribution is 2.09. The van der Waals surface area contributed by atoms with Gasteiger partial charge in [-0.25, -0.2) is 0 Å². The maximum Gasteiger partial charge on any atom is 0.115 e. The van der Waals surface area contributed by atoms with Crippen LogP contribution in [-0.2, 0) is 0 Å². The number of hydrogen-bond acceptors (Lipinski definition) is 3. The van der Waals surface area contributed by atoms with Gasteiger partial charge in [-0.2, -0.15) is 0 Å². The summed E-state index contributed by atoms with van der Waals surface area (Å²) in [5.41, 5.74) is 12.2. The maximum absolute atomic E-state index is 8.70. The molecule has 15 heavy (non-hydrogen) atoms. The highest BCUT2D eigenvalue weighted by atomic mass is 16.3. The van der Waals surface area contributed by atoms with Crippen LogP contribution in [-0.4, -0.2) is 5.11 Å². The van der Waals surface area contributed by atoms with E-state index in [0.717, 1.165) is 5.69 Å². The van der Waals surface area contributed by atoms with Gasteiger partial charge in [-0.3, -0.25) is 0 Å². The SMILES string of the molecule is Nc1ccc(O)cc1.Nc1ccccc1. The molecule has 0 aromatic heterocycles. The lowest BCUT2D eigenvalue weighted by Gasteiger charge is -1.89. The fourth-order valence-corrected chi connectivity index (χ4v) is 0.927. The normalized spacial score (nSPS) is 8.80. The molecule has 0 aliphatic carbocycles. The van der Waals surface area contributed by atoms with Gasteiger partial charge in [0, 0.05) is 11.4 Å². The molecule has 0 heterocycles. The highest BCUT2D eigenvalue weighted by Gasteiger charge is 1.82. The van der Waals surface area contributed by atoms with Gasteiger partial charge in [-0.1, -0.05) is 18.2 Å². The Bertz CT molecular complexity index is 363. The van der Waals surface area contributed by atoms with Crippen molar-refractivity contribution in [3.63, 3.8) is 0 Å². The van der Waals surface area contributed by atoms with Crippen molar-refractivity contribution in [2.75, 3.05) is 11.5 Å². The Labute approximate surface area is 89.0 Å². The molecule has 2 aromatic rings. The van der Waals surface area contributed by atoms with Crippen molar-refractivity contribution in [3.8, 4) is 5.75 Å². The summed E-state index contributed by atoms with van der Waals surface area (Å²) in [5.74, 6) is 0.249. The number of phenols is 1. The number of rotatable bonds is 0. The predicted octanol–water partition coefficient (Wildman–Crippen LogP) is 2.24. The van der Waals surface area contributed by atoms with Crippen LogP contribution in [0.2, 0.25) is 0 Å². The van der Waals surface area contributed by atoms with Gasteiger partial charge >= 0.3 is 0 Å². The number of phenolic OH excluding ortho intramolecular Hbond substituents is 1. The van der Waals surface area contributed by atoms with Crippen LogP contribution in [0.25, 0.3) is 0 Å². The van der Waals surface area contributed by atoms with Crippen molar-refractivity contribution >= 4 is 11.4 Å². The van der Waals surface area contributed by atoms with Crippen LogP contribution < -0.4 is 11.5 Å². The van der Waals surface area contributed by atoms with E-state index in [1.165, 1.54) is 0 Å². The Morgan fingerprint density at radius 2 is 1.13 bits per heavy atom. The van der Waals surface area contributed by atoms with Crippen molar-refractivity contribution in [3.05, 3.63) is 54.6 Å². The molecule has 2 rings (SSSR count). The second kappa shape index (κ2) is 5.54. The van der Waals surface area contributed by atoms with E-state index < -0.39 is 0 Å². The number of anilines is 2. The minimum absolute atomic E-state index is 0.249. The molecule has 0 atom stereocenters. The molecule has 0 aliphatic rings. The first kappa shape index (κ1) is 10.9. The molecule has 0 aliphatic heterocycles. The van der Waals surface area contributed by atoms with E-state index in [1.807, 2.05) is 30.3 Å². The van der Waals surface area contributed by atoms with E-state index in [4.69, 9.17) is 16.6 Å². The largest absolute Gasteiger partial charge is 0.508 e. The molecule has 0 spiro atoms. The minimum Gasteiger partial charge on any atom is -0.508 e. The van der Waals surface area contributed by atoms with Crippen molar-refractivity contribution in [2.45, 2.75) is 0 Å². The summed E-state index contributed by atoms with van der Waals surface area (Å²) in [6.45, 7) is 0. The van der Waals surface area contributed by atoms with Gasteiger partial charge < -0.3 is 16.6 Å². The Morgan fingerprint density at radius 3 is 1.47 bits per heavy atom. The number of benzene rings is 2. The lowest BCUT2D eigenvalue weighted by Crippen LogP contribution is -1.80. The molecular weight excluding hydrogens is 188 g/mol. The van der Waals surface area contributed by atoms with Crippen molar-refractivity contribution < 1.29 is 5.11 Å². The zero-order valence-corrected chi connectivity index (χ0v) is 8.30. The van der Waals surface area contributed by atoms with E-state index in [9.17, 15) is 0 Å². The lowest BCUT2D eigenvalue weighted by molar-refractivity contribution is 0.475. The Kier molecular flexibility index (Phi) is 4.04. The van der Waals surface area contributed by atoms with Crippen LogP contribution in [0.15, 0.2) is 54.6 Å². The zero-order valence-electron chi connectivity index (χ0n) is 8.30. The first-order chi connectivity index (χ1) is 7.18. The monoisotopic (exact) mass is 202 g/mol. The third-order valence-corrected chi connectivity index (χ3v) is 1.69. The van der Waals surface area contributed by atoms with Crippen LogP contribution >= 0.6 is 0 Å². The second-order valence-corrected chi connectivity index (χ2v) is 3.00. The summed E-state index contributed by atoms with van der Waals surface area (Å²) in [6.07, 6.45) is 0. The van der Waals surface area contributed by atoms with Gasteiger partial charge in [-0.05, 0) is 36.4 Å². The molecule has 0 unspecified atom stereocenters. The summed E-state index contributed by atoms with van der Waals surface area (Å²) in [5, 5.41) is 8.70. The summed E-state index contributed by atoms with van der Waals surface area (Å²) >= 11 is 0. The van der Waals surface area contributed by atoms with E-state index in [0.29, 0.717) is 5.69 Å². The summed E-state index contributed by atoms with van der Waals surface area (Å²) in [4.78, 5) is 0. The zero-order chi connectivity index (χ0) is 11.1. The van der Waals surface area contributed by atoms with Crippen LogP contribution in [0.3, 0.4) is 0 Å². The predicted molar refractivity (Wildman–Crippen MR) is 63.4 cm³/mol. The van der Waals surface area contributed by atoms with Crippen LogP contribution in [0.1, 0.15) is 0 Å². The quantitative estimate of drug-likeness (QED) is 0.453. The summed E-state index contributed by atoms with van der Waals surface area (Å²) in [7, 11) is 0. The smallest absolute Gasteiger partial charge is 0.115 e. The standard InChI is InChI=1S/C6H7NO.C6H7N/c7-5-1-3-6(8)4-2-5;7-6-4-2-1-3-5-6/h1-4,8H,7H2;1-5H,7H2. The number of aromatic hydroxyl groups is 1. The van der Waals surface area contributed by atoms with Gasteiger partial charge in [0.25, 0.3) is 0 Å². The highest BCUT2D eigenvalue weighted by molar-refractivity contribution is 5.40. The van der Waals surface area contributed by atoms with Gasteiger partial charge in [0.1, 0.15) is 5.75 Å². The average Bonchev–Trinajstić information content (AvgIpc) is 2.25. The molecule has 3 heteroatoms. The maximum atomic E-state index is 8.70. The molecule has 0 saturated heterocycles. The number of nitrogens with two attached hydrogens (primary N) is 2. The molecule has 0 amide bonds. The average molecular weight is 202 g/mol. The lowest BCUT2D eigenvalue weighted by atomic mass is 10.3. The Balaban J connectivity index is 0.000000151. The molecule has 0 radical (unpaired) electrons. The van der Waals surface area contributed by atoms with E-state index in [-0.39, 0.29) is 5.75 Å². The van der Waals surface area contributed by atoms with Gasteiger partial charge in [-0.15, -0.1) is 0 Å². The van der Waals surface area contributed by atoms with E-state index in [1.54, 1.807) is 24.3 Å². The van der Waals surface area contributed by atoms with E-state index >= 15 is 0 Å². The number of hydrogen-bond donors (Lipinski definition) is 3. The molecule has 2 aromatic carbocycles. The third kappa shape index (κ3) is 4.57. The first-order valence-electron chi connectivity index (χ1n) is 4.53. The molecule has 0 bridgehead atoms. The number of nitrogen functional groups attached to an aromatic ring is 2. The fourth-order valence-electron chi connectivity index (χ4n) is 0.927. The van der Waals surface area contributed by atoms with Crippen molar-refractivity contribution in [2.24, 2.45) is 0 Å². The van der Waals surface area contributed by atoms with Crippen LogP contribution in [0, 0.1) is 0 Å². The molecule has 0 fully saturated rings. The molecule has 78 valence electrons. The molecule has 3 nitrogen and oxygen atoms in total. The molecule has 0 saturated carbocycles. The summed E-state index contributed by atoms with van der Waals surface area (Å²) in [6, 6.07) is 15.9. The Hall–Kier alpha value is -2.16. The van der Waals surface area contributed by atoms with Gasteiger partial charge in [0.05, 0.1) is 0 Å². The third-order valence-electron chi connectivity index (χ3n) is 1.69. The van der Waals surface area contributed by atoms with Crippen molar-refractivity contribution in [1.29, 1.82) is 0 Å². The number of para-hydroxylation sites is 1. The van der Waals surface area contributed by atoms with E-state index in [2.05, 4.69) is 0 Å². The minimum atomic E-state index is 0.249. The topological polar surface area (TPSA) is 72.3 Å². The molecular formula is C12H14N2O. The first-order valence-corrected chi connectivity index (χ1v) is 4.53.